The number of nitrogens with two attached hydrogens (primary N) is 1. The Morgan fingerprint density at radius 3 is 2.86 bits per heavy atom. The lowest BCUT2D eigenvalue weighted by molar-refractivity contribution is 0.315. The van der Waals surface area contributed by atoms with Gasteiger partial charge in [0, 0.05) is 25.1 Å². The van der Waals surface area contributed by atoms with Crippen LogP contribution in [0.15, 0.2) is 42.0 Å². The number of rotatable bonds is 5. The first-order chi connectivity index (χ1) is 10.3. The second-order valence-corrected chi connectivity index (χ2v) is 5.37. The molecular formula is C15H21IN6. The average Bonchev–Trinajstić information content (AvgIpc) is 2.98. The van der Waals surface area contributed by atoms with E-state index in [0.29, 0.717) is 12.5 Å². The van der Waals surface area contributed by atoms with Crippen LogP contribution in [0.25, 0.3) is 5.82 Å². The van der Waals surface area contributed by atoms with Crippen molar-refractivity contribution in [1.29, 1.82) is 0 Å². The number of nitrogens with zero attached hydrogens (tertiary/aromatic N) is 4. The molecule has 0 spiro atoms. The Bertz CT molecular complexity index is 589. The zero-order valence-electron chi connectivity index (χ0n) is 12.4. The minimum Gasteiger partial charge on any atom is -0.370 e. The number of imidazole rings is 1. The van der Waals surface area contributed by atoms with Crippen LogP contribution in [0.5, 0.6) is 0 Å². The minimum absolute atomic E-state index is 0. The second kappa shape index (κ2) is 8.11. The molecular weight excluding hydrogens is 391 g/mol. The maximum absolute atomic E-state index is 5.86. The van der Waals surface area contributed by atoms with Crippen LogP contribution in [0, 0.1) is 5.92 Å². The van der Waals surface area contributed by atoms with E-state index in [-0.39, 0.29) is 24.0 Å². The standard InChI is InChI=1S/C15H20N6.HI/c16-15(19-8-12-2-1-3-12)20-10-13-4-5-14(18-9-13)21-7-6-17-11-21;/h4-7,9,11-12H,1-3,8,10H2,(H3,16,19,20);1H. The fraction of sp³-hybridized carbons (Fsp3) is 0.400. The van der Waals surface area contributed by atoms with E-state index in [4.69, 9.17) is 5.73 Å². The number of pyridine rings is 1. The summed E-state index contributed by atoms with van der Waals surface area (Å²) >= 11 is 0. The van der Waals surface area contributed by atoms with E-state index >= 15 is 0 Å². The Labute approximate surface area is 147 Å². The molecule has 7 heteroatoms. The number of aliphatic imine (C=N–C) groups is 1. The van der Waals surface area contributed by atoms with Gasteiger partial charge in [0.2, 0.25) is 0 Å². The maximum atomic E-state index is 5.86. The Hall–Kier alpha value is -1.64. The average molecular weight is 412 g/mol. The van der Waals surface area contributed by atoms with Crippen LogP contribution in [0.4, 0.5) is 0 Å². The monoisotopic (exact) mass is 412 g/mol. The molecule has 1 aliphatic rings. The predicted octanol–water partition coefficient (Wildman–Crippen LogP) is 2.09. The number of hydrogen-bond donors (Lipinski definition) is 2. The molecule has 0 saturated heterocycles. The number of aromatic nitrogens is 3. The summed E-state index contributed by atoms with van der Waals surface area (Å²) in [4.78, 5) is 12.7. The van der Waals surface area contributed by atoms with Gasteiger partial charge < -0.3 is 11.1 Å². The van der Waals surface area contributed by atoms with Crippen LogP contribution in [0.3, 0.4) is 0 Å². The lowest BCUT2D eigenvalue weighted by Gasteiger charge is -2.25. The summed E-state index contributed by atoms with van der Waals surface area (Å²) in [5, 5.41) is 3.18. The van der Waals surface area contributed by atoms with Gasteiger partial charge in [0.15, 0.2) is 5.96 Å². The summed E-state index contributed by atoms with van der Waals surface area (Å²) in [6.07, 6.45) is 11.1. The molecule has 0 unspecified atom stereocenters. The van der Waals surface area contributed by atoms with Gasteiger partial charge in [-0.05, 0) is 30.4 Å². The summed E-state index contributed by atoms with van der Waals surface area (Å²) in [5.41, 5.74) is 6.90. The molecule has 0 bridgehead atoms. The van der Waals surface area contributed by atoms with Crippen molar-refractivity contribution >= 4 is 29.9 Å². The van der Waals surface area contributed by atoms with E-state index in [1.807, 2.05) is 29.1 Å². The first-order valence-electron chi connectivity index (χ1n) is 7.28. The van der Waals surface area contributed by atoms with Gasteiger partial charge in [-0.15, -0.1) is 24.0 Å². The highest BCUT2D eigenvalue weighted by molar-refractivity contribution is 14.0. The molecule has 3 N–H and O–H groups in total. The third-order valence-electron chi connectivity index (χ3n) is 3.81. The lowest BCUT2D eigenvalue weighted by atomic mass is 9.85. The highest BCUT2D eigenvalue weighted by atomic mass is 127. The molecule has 0 aromatic carbocycles. The molecule has 2 aromatic heterocycles. The van der Waals surface area contributed by atoms with E-state index in [1.54, 1.807) is 12.5 Å². The first-order valence-corrected chi connectivity index (χ1v) is 7.28. The van der Waals surface area contributed by atoms with Crippen LogP contribution in [-0.2, 0) is 6.54 Å². The van der Waals surface area contributed by atoms with Crippen molar-refractivity contribution < 1.29 is 0 Å². The topological polar surface area (TPSA) is 81.1 Å². The molecule has 0 amide bonds. The van der Waals surface area contributed by atoms with E-state index < -0.39 is 0 Å². The summed E-state index contributed by atoms with van der Waals surface area (Å²) in [7, 11) is 0. The van der Waals surface area contributed by atoms with E-state index in [9.17, 15) is 0 Å². The Morgan fingerprint density at radius 2 is 2.27 bits per heavy atom. The second-order valence-electron chi connectivity index (χ2n) is 5.37. The lowest BCUT2D eigenvalue weighted by Crippen LogP contribution is -2.37. The first kappa shape index (κ1) is 16.7. The smallest absolute Gasteiger partial charge is 0.188 e. The Morgan fingerprint density at radius 1 is 1.41 bits per heavy atom. The highest BCUT2D eigenvalue weighted by Gasteiger charge is 2.16. The molecule has 1 fully saturated rings. The molecule has 0 radical (unpaired) electrons. The van der Waals surface area contributed by atoms with Crippen molar-refractivity contribution in [3.05, 3.63) is 42.6 Å². The number of hydrogen-bond acceptors (Lipinski definition) is 3. The van der Waals surface area contributed by atoms with E-state index in [2.05, 4.69) is 20.3 Å². The van der Waals surface area contributed by atoms with E-state index in [1.165, 1.54) is 19.3 Å². The van der Waals surface area contributed by atoms with Crippen LogP contribution in [0.2, 0.25) is 0 Å². The van der Waals surface area contributed by atoms with Crippen LogP contribution < -0.4 is 11.1 Å². The van der Waals surface area contributed by atoms with Gasteiger partial charge in [-0.25, -0.2) is 15.0 Å². The third-order valence-corrected chi connectivity index (χ3v) is 3.81. The Kier molecular flexibility index (Phi) is 6.17. The van der Waals surface area contributed by atoms with Crippen LogP contribution >= 0.6 is 24.0 Å². The fourth-order valence-electron chi connectivity index (χ4n) is 2.24. The zero-order chi connectivity index (χ0) is 14.5. The molecule has 2 aromatic rings. The van der Waals surface area contributed by atoms with Crippen LogP contribution in [0.1, 0.15) is 24.8 Å². The zero-order valence-corrected chi connectivity index (χ0v) is 14.7. The summed E-state index contributed by atoms with van der Waals surface area (Å²) in [6, 6.07) is 3.95. The molecule has 2 heterocycles. The molecule has 0 atom stereocenters. The van der Waals surface area contributed by atoms with Crippen molar-refractivity contribution in [3.63, 3.8) is 0 Å². The van der Waals surface area contributed by atoms with Crippen molar-refractivity contribution in [2.75, 3.05) is 6.54 Å². The predicted molar refractivity (Wildman–Crippen MR) is 97.4 cm³/mol. The SMILES string of the molecule is I.NC(=NCc1ccc(-n2ccnc2)nc1)NCC1CCC1. The fourth-order valence-corrected chi connectivity index (χ4v) is 2.24. The highest BCUT2D eigenvalue weighted by Crippen LogP contribution is 2.24. The van der Waals surface area contributed by atoms with Crippen molar-refractivity contribution in [1.82, 2.24) is 19.9 Å². The molecule has 6 nitrogen and oxygen atoms in total. The van der Waals surface area contributed by atoms with Crippen LogP contribution in [-0.4, -0.2) is 27.0 Å². The van der Waals surface area contributed by atoms with Crippen molar-refractivity contribution in [2.45, 2.75) is 25.8 Å². The van der Waals surface area contributed by atoms with Gasteiger partial charge in [0.25, 0.3) is 0 Å². The van der Waals surface area contributed by atoms with Gasteiger partial charge in [-0.3, -0.25) is 4.57 Å². The number of halogens is 1. The van der Waals surface area contributed by atoms with Crippen molar-refractivity contribution in [3.8, 4) is 5.82 Å². The van der Waals surface area contributed by atoms with Gasteiger partial charge in [0.1, 0.15) is 12.1 Å². The number of guanidine groups is 1. The summed E-state index contributed by atoms with van der Waals surface area (Å²) in [6.45, 7) is 1.48. The molecule has 1 saturated carbocycles. The minimum atomic E-state index is 0. The van der Waals surface area contributed by atoms with Crippen molar-refractivity contribution in [2.24, 2.45) is 16.6 Å². The maximum Gasteiger partial charge on any atom is 0.188 e. The molecule has 1 aliphatic carbocycles. The van der Waals surface area contributed by atoms with Gasteiger partial charge in [-0.1, -0.05) is 12.5 Å². The molecule has 22 heavy (non-hydrogen) atoms. The Balaban J connectivity index is 0.00000176. The van der Waals surface area contributed by atoms with Gasteiger partial charge >= 0.3 is 0 Å². The van der Waals surface area contributed by atoms with Gasteiger partial charge in [-0.2, -0.15) is 0 Å². The molecule has 3 rings (SSSR count). The largest absolute Gasteiger partial charge is 0.370 e. The van der Waals surface area contributed by atoms with Gasteiger partial charge in [0.05, 0.1) is 6.54 Å². The summed E-state index contributed by atoms with van der Waals surface area (Å²) in [5.74, 6) is 2.13. The van der Waals surface area contributed by atoms with E-state index in [0.717, 1.165) is 23.8 Å². The molecule has 118 valence electrons. The third kappa shape index (κ3) is 4.43. The summed E-state index contributed by atoms with van der Waals surface area (Å²) < 4.78 is 1.86. The molecule has 0 aliphatic heterocycles. The number of nitrogens with one attached hydrogen (secondary N) is 1. The normalized spacial score (nSPS) is 15.0. The quantitative estimate of drug-likeness (QED) is 0.448.